The van der Waals surface area contributed by atoms with Gasteiger partial charge in [0.25, 0.3) is 0 Å². The van der Waals surface area contributed by atoms with Crippen LogP contribution in [-0.2, 0) is 6.54 Å². The van der Waals surface area contributed by atoms with Gasteiger partial charge in [-0.2, -0.15) is 0 Å². The van der Waals surface area contributed by atoms with Crippen molar-refractivity contribution in [3.63, 3.8) is 0 Å². The number of benzene rings is 2. The highest BCUT2D eigenvalue weighted by Gasteiger charge is 2.32. The van der Waals surface area contributed by atoms with Crippen molar-refractivity contribution in [2.24, 2.45) is 5.73 Å². The summed E-state index contributed by atoms with van der Waals surface area (Å²) in [7, 11) is 0. The molecule has 0 bridgehead atoms. The first-order chi connectivity index (χ1) is 9.39. The lowest BCUT2D eigenvalue weighted by molar-refractivity contribution is -0.274. The van der Waals surface area contributed by atoms with Crippen LogP contribution >= 0.6 is 12.4 Å². The fourth-order valence-electron chi connectivity index (χ4n) is 1.95. The fraction of sp³-hybridized carbons (Fsp3) is 0.200. The molecule has 0 amide bonds. The molecule has 0 aromatic heterocycles. The maximum absolute atomic E-state index is 12.4. The molecule has 0 radical (unpaired) electrons. The number of nitrogens with two attached hydrogens (primary N) is 1. The molecule has 0 saturated carbocycles. The summed E-state index contributed by atoms with van der Waals surface area (Å²) in [4.78, 5) is 0. The van der Waals surface area contributed by atoms with Gasteiger partial charge in [0.2, 0.25) is 0 Å². The highest BCUT2D eigenvalue weighted by Crippen LogP contribution is 2.31. The van der Waals surface area contributed by atoms with Crippen molar-refractivity contribution in [2.75, 3.05) is 0 Å². The van der Waals surface area contributed by atoms with Crippen molar-refractivity contribution in [1.29, 1.82) is 0 Å². The Hall–Kier alpha value is -1.72. The SMILES string of the molecule is Cc1cccc(-c2ccc(CN)c(OC(F)(F)F)c2)c1.Cl. The van der Waals surface area contributed by atoms with E-state index in [0.29, 0.717) is 11.1 Å². The lowest BCUT2D eigenvalue weighted by Crippen LogP contribution is -2.18. The normalized spacial score (nSPS) is 10.9. The Balaban J connectivity index is 0.00000220. The van der Waals surface area contributed by atoms with Gasteiger partial charge in [0.1, 0.15) is 5.75 Å². The Morgan fingerprint density at radius 1 is 1.05 bits per heavy atom. The Bertz CT molecular complexity index is 614. The number of alkyl halides is 3. The van der Waals surface area contributed by atoms with E-state index in [9.17, 15) is 13.2 Å². The summed E-state index contributed by atoms with van der Waals surface area (Å²) < 4.78 is 41.2. The first kappa shape index (κ1) is 17.3. The second-order valence-corrected chi connectivity index (χ2v) is 4.44. The summed E-state index contributed by atoms with van der Waals surface area (Å²) in [6.07, 6.45) is -4.73. The zero-order valence-electron chi connectivity index (χ0n) is 11.3. The summed E-state index contributed by atoms with van der Waals surface area (Å²) in [5.74, 6) is -0.251. The average molecular weight is 318 g/mol. The van der Waals surface area contributed by atoms with Gasteiger partial charge in [-0.1, -0.05) is 42.0 Å². The second kappa shape index (κ2) is 6.83. The molecule has 0 fully saturated rings. The van der Waals surface area contributed by atoms with Crippen molar-refractivity contribution in [3.8, 4) is 16.9 Å². The molecule has 0 saturated heterocycles. The number of hydrogen-bond acceptors (Lipinski definition) is 2. The van der Waals surface area contributed by atoms with Gasteiger partial charge in [-0.25, -0.2) is 0 Å². The van der Waals surface area contributed by atoms with Gasteiger partial charge in [-0.15, -0.1) is 25.6 Å². The maximum atomic E-state index is 12.4. The molecule has 2 aromatic rings. The zero-order valence-corrected chi connectivity index (χ0v) is 12.1. The van der Waals surface area contributed by atoms with E-state index in [1.165, 1.54) is 6.07 Å². The van der Waals surface area contributed by atoms with Crippen molar-refractivity contribution < 1.29 is 17.9 Å². The molecule has 0 heterocycles. The van der Waals surface area contributed by atoms with Crippen LogP contribution in [-0.4, -0.2) is 6.36 Å². The lowest BCUT2D eigenvalue weighted by atomic mass is 10.0. The quantitative estimate of drug-likeness (QED) is 0.908. The third-order valence-corrected chi connectivity index (χ3v) is 2.86. The molecule has 2 nitrogen and oxygen atoms in total. The number of hydrogen-bond donors (Lipinski definition) is 1. The Morgan fingerprint density at radius 3 is 2.29 bits per heavy atom. The molecule has 0 spiro atoms. The van der Waals surface area contributed by atoms with Crippen LogP contribution in [0.3, 0.4) is 0 Å². The minimum atomic E-state index is -4.73. The van der Waals surface area contributed by atoms with Gasteiger partial charge in [0.15, 0.2) is 0 Å². The Kier molecular flexibility index (Phi) is 5.63. The molecular formula is C15H15ClF3NO. The molecule has 114 valence electrons. The van der Waals surface area contributed by atoms with E-state index < -0.39 is 6.36 Å². The van der Waals surface area contributed by atoms with E-state index in [2.05, 4.69) is 4.74 Å². The zero-order chi connectivity index (χ0) is 14.8. The third kappa shape index (κ3) is 4.65. The Labute approximate surface area is 127 Å². The highest BCUT2D eigenvalue weighted by molar-refractivity contribution is 5.85. The van der Waals surface area contributed by atoms with E-state index in [1.807, 2.05) is 31.2 Å². The van der Waals surface area contributed by atoms with Gasteiger partial charge in [0, 0.05) is 12.1 Å². The van der Waals surface area contributed by atoms with E-state index in [-0.39, 0.29) is 24.7 Å². The summed E-state index contributed by atoms with van der Waals surface area (Å²) in [5, 5.41) is 0. The van der Waals surface area contributed by atoms with E-state index in [1.54, 1.807) is 12.1 Å². The van der Waals surface area contributed by atoms with Crippen LogP contribution < -0.4 is 10.5 Å². The minimum absolute atomic E-state index is 0. The standard InChI is InChI=1S/C15H14F3NO.ClH/c1-10-3-2-4-11(7-10)12-5-6-13(9-19)14(8-12)20-15(16,17)18;/h2-8H,9,19H2,1H3;1H. The molecule has 2 aromatic carbocycles. The van der Waals surface area contributed by atoms with Crippen molar-refractivity contribution in [1.82, 2.24) is 0 Å². The largest absolute Gasteiger partial charge is 0.573 e. The fourth-order valence-corrected chi connectivity index (χ4v) is 1.95. The van der Waals surface area contributed by atoms with Crippen molar-refractivity contribution in [2.45, 2.75) is 19.8 Å². The van der Waals surface area contributed by atoms with E-state index in [0.717, 1.165) is 11.1 Å². The maximum Gasteiger partial charge on any atom is 0.573 e. The summed E-state index contributed by atoms with van der Waals surface area (Å²) in [5.41, 5.74) is 8.28. The molecule has 0 aliphatic carbocycles. The van der Waals surface area contributed by atoms with E-state index in [4.69, 9.17) is 5.73 Å². The molecule has 21 heavy (non-hydrogen) atoms. The van der Waals surface area contributed by atoms with E-state index >= 15 is 0 Å². The van der Waals surface area contributed by atoms with Gasteiger partial charge >= 0.3 is 6.36 Å². The second-order valence-electron chi connectivity index (χ2n) is 4.44. The van der Waals surface area contributed by atoms with Gasteiger partial charge in [-0.05, 0) is 24.1 Å². The predicted molar refractivity (Wildman–Crippen MR) is 78.4 cm³/mol. The summed E-state index contributed by atoms with van der Waals surface area (Å²) in [6.45, 7) is 1.91. The number of ether oxygens (including phenoxy) is 1. The molecule has 2 rings (SSSR count). The van der Waals surface area contributed by atoms with Crippen LogP contribution in [0.4, 0.5) is 13.2 Å². The molecule has 0 aliphatic heterocycles. The summed E-state index contributed by atoms with van der Waals surface area (Å²) >= 11 is 0. The topological polar surface area (TPSA) is 35.2 Å². The van der Waals surface area contributed by atoms with Gasteiger partial charge in [-0.3, -0.25) is 0 Å². The van der Waals surface area contributed by atoms with Crippen LogP contribution in [0.5, 0.6) is 5.75 Å². The van der Waals surface area contributed by atoms with Crippen LogP contribution in [0.2, 0.25) is 0 Å². The van der Waals surface area contributed by atoms with Gasteiger partial charge in [0.05, 0.1) is 0 Å². The molecule has 0 aliphatic rings. The smallest absolute Gasteiger partial charge is 0.405 e. The molecule has 6 heteroatoms. The van der Waals surface area contributed by atoms with Crippen LogP contribution in [0, 0.1) is 6.92 Å². The van der Waals surface area contributed by atoms with Crippen LogP contribution in [0.25, 0.3) is 11.1 Å². The molecule has 0 unspecified atom stereocenters. The van der Waals surface area contributed by atoms with Gasteiger partial charge < -0.3 is 10.5 Å². The highest BCUT2D eigenvalue weighted by atomic mass is 35.5. The molecule has 0 atom stereocenters. The predicted octanol–water partition coefficient (Wildman–Crippen LogP) is 4.44. The lowest BCUT2D eigenvalue weighted by Gasteiger charge is -2.14. The monoisotopic (exact) mass is 317 g/mol. The molecular weight excluding hydrogens is 303 g/mol. The number of rotatable bonds is 3. The third-order valence-electron chi connectivity index (χ3n) is 2.86. The van der Waals surface area contributed by atoms with Crippen LogP contribution in [0.15, 0.2) is 42.5 Å². The summed E-state index contributed by atoms with van der Waals surface area (Å²) in [6, 6.07) is 12.2. The Morgan fingerprint density at radius 2 is 1.71 bits per heavy atom. The van der Waals surface area contributed by atoms with Crippen molar-refractivity contribution >= 4 is 12.4 Å². The molecule has 2 N–H and O–H groups in total. The first-order valence-corrected chi connectivity index (χ1v) is 6.05. The van der Waals surface area contributed by atoms with Crippen molar-refractivity contribution in [3.05, 3.63) is 53.6 Å². The van der Waals surface area contributed by atoms with Crippen LogP contribution in [0.1, 0.15) is 11.1 Å². The minimum Gasteiger partial charge on any atom is -0.405 e. The first-order valence-electron chi connectivity index (χ1n) is 6.05. The average Bonchev–Trinajstić information content (AvgIpc) is 2.37. The number of halogens is 4. The number of aryl methyl sites for hydroxylation is 1.